The lowest BCUT2D eigenvalue weighted by molar-refractivity contribution is 0.0510. The summed E-state index contributed by atoms with van der Waals surface area (Å²) in [7, 11) is 1.42. The third-order valence-corrected chi connectivity index (χ3v) is 8.16. The van der Waals surface area contributed by atoms with E-state index in [2.05, 4.69) is 28.7 Å². The van der Waals surface area contributed by atoms with Crippen LogP contribution in [-0.2, 0) is 20.9 Å². The van der Waals surface area contributed by atoms with Gasteiger partial charge in [0.05, 0.1) is 13.2 Å². The van der Waals surface area contributed by atoms with Crippen LogP contribution < -0.4 is 0 Å². The summed E-state index contributed by atoms with van der Waals surface area (Å²) < 4.78 is 13.4. The fourth-order valence-electron chi connectivity index (χ4n) is 0.980. The van der Waals surface area contributed by atoms with Crippen LogP contribution in [-0.4, -0.2) is 23.8 Å². The predicted octanol–water partition coefficient (Wildman–Crippen LogP) is 3.56. The van der Waals surface area contributed by atoms with Gasteiger partial charge in [-0.25, -0.2) is 0 Å². The molecule has 3 nitrogen and oxygen atoms in total. The molecule has 0 spiro atoms. The molecule has 0 unspecified atom stereocenters. The molecule has 1 saturated heterocycles. The minimum Gasteiger partial charge on any atom is -0.317 e. The van der Waals surface area contributed by atoms with E-state index in [0.29, 0.717) is 13.2 Å². The zero-order chi connectivity index (χ0) is 10.8. The Morgan fingerprint density at radius 2 is 2.00 bits per heavy atom. The molecule has 7 heteroatoms. The number of hydrogen-bond acceptors (Lipinski definition) is 4. The molecule has 14 heavy (non-hydrogen) atoms. The van der Waals surface area contributed by atoms with Crippen LogP contribution in [0.15, 0.2) is 0 Å². The van der Waals surface area contributed by atoms with E-state index < -0.39 is 6.64 Å². The Morgan fingerprint density at radius 1 is 1.50 bits per heavy atom. The first kappa shape index (κ1) is 13.4. The maximum atomic E-state index is 5.70. The van der Waals surface area contributed by atoms with Crippen molar-refractivity contribution in [1.82, 2.24) is 4.08 Å². The van der Waals surface area contributed by atoms with E-state index in [0.717, 1.165) is 6.54 Å². The molecule has 0 aromatic heterocycles. The Morgan fingerprint density at radius 3 is 2.36 bits per heavy atom. The first-order chi connectivity index (χ1) is 6.43. The minimum atomic E-state index is -2.22. The Hall–Kier alpha value is 1.36. The van der Waals surface area contributed by atoms with Gasteiger partial charge in [-0.1, -0.05) is 20.8 Å². The Bertz CT molecular complexity index is 234. The van der Waals surface area contributed by atoms with Crippen LogP contribution in [0.4, 0.5) is 0 Å². The van der Waals surface area contributed by atoms with Crippen molar-refractivity contribution in [2.45, 2.75) is 20.8 Å². The number of nitrogens with zero attached hydrogens (tertiary/aromatic N) is 1. The summed E-state index contributed by atoms with van der Waals surface area (Å²) in [6.45, 7) is 6.21. The average Bonchev–Trinajstić information content (AvgIpc) is 2.13. The fraction of sp³-hybridized carbons (Fsp3) is 1.00. The summed E-state index contributed by atoms with van der Waals surface area (Å²) in [5.74, 6) is 0. The van der Waals surface area contributed by atoms with Gasteiger partial charge in [-0.3, -0.25) is 0 Å². The molecule has 1 fully saturated rings. The second kappa shape index (κ2) is 5.13. The Labute approximate surface area is 102 Å². The van der Waals surface area contributed by atoms with Crippen molar-refractivity contribution in [3.05, 3.63) is 0 Å². The van der Waals surface area contributed by atoms with Crippen molar-refractivity contribution in [2.24, 2.45) is 5.41 Å². The molecule has 0 bridgehead atoms. The largest absolute Gasteiger partial charge is 0.317 e. The first-order valence-electron chi connectivity index (χ1n) is 4.39. The molecule has 0 radical (unpaired) electrons. The van der Waals surface area contributed by atoms with Gasteiger partial charge in [0.15, 0.2) is 0 Å². The van der Waals surface area contributed by atoms with Gasteiger partial charge in [-0.2, -0.15) is 4.08 Å². The van der Waals surface area contributed by atoms with Gasteiger partial charge < -0.3 is 9.05 Å². The van der Waals surface area contributed by atoms with Crippen LogP contribution in [0.5, 0.6) is 0 Å². The molecule has 1 rings (SSSR count). The van der Waals surface area contributed by atoms with Crippen LogP contribution in [0.2, 0.25) is 0 Å². The number of hydrogen-bond donors (Lipinski definition) is 0. The standard InChI is InChI=1S/C7H15BrNO2PS2/c1-4-9(14-8)12(13)10-5-7(2,3)6-11-12/h4-6H2,1-3H3. The second-order valence-electron chi connectivity index (χ2n) is 3.92. The van der Waals surface area contributed by atoms with Crippen LogP contribution in [0, 0.1) is 5.41 Å². The lowest BCUT2D eigenvalue weighted by Gasteiger charge is -2.39. The molecule has 0 N–H and O–H groups in total. The van der Waals surface area contributed by atoms with Gasteiger partial charge in [0, 0.05) is 37.2 Å². The van der Waals surface area contributed by atoms with E-state index in [-0.39, 0.29) is 5.41 Å². The highest BCUT2D eigenvalue weighted by Gasteiger charge is 2.37. The molecule has 1 aliphatic rings. The third kappa shape index (κ3) is 3.17. The van der Waals surface area contributed by atoms with Gasteiger partial charge in [-0.15, -0.1) is 0 Å². The highest BCUT2D eigenvalue weighted by atomic mass is 79.9. The molecule has 0 aliphatic carbocycles. The molecule has 0 atom stereocenters. The van der Waals surface area contributed by atoms with Crippen molar-refractivity contribution in [2.75, 3.05) is 19.8 Å². The maximum absolute atomic E-state index is 5.70. The predicted molar refractivity (Wildman–Crippen MR) is 68.9 cm³/mol. The quantitative estimate of drug-likeness (QED) is 0.584. The molecule has 0 amide bonds. The van der Waals surface area contributed by atoms with Crippen LogP contribution in [0.3, 0.4) is 0 Å². The normalized spacial score (nSPS) is 25.2. The zero-order valence-corrected chi connectivity index (χ0v) is 12.6. The van der Waals surface area contributed by atoms with Crippen LogP contribution >= 0.6 is 31.8 Å². The van der Waals surface area contributed by atoms with Crippen molar-refractivity contribution >= 4 is 43.6 Å². The van der Waals surface area contributed by atoms with Gasteiger partial charge in [0.25, 0.3) is 6.64 Å². The van der Waals surface area contributed by atoms with E-state index in [1.807, 2.05) is 11.0 Å². The lowest BCUT2D eigenvalue weighted by Crippen LogP contribution is -2.32. The molecule has 1 aliphatic heterocycles. The maximum Gasteiger partial charge on any atom is 0.274 e. The molecular weight excluding hydrogens is 305 g/mol. The van der Waals surface area contributed by atoms with Crippen LogP contribution in [0.25, 0.3) is 0 Å². The van der Waals surface area contributed by atoms with E-state index in [9.17, 15) is 0 Å². The summed E-state index contributed by atoms with van der Waals surface area (Å²) in [5, 5.41) is 0. The lowest BCUT2D eigenvalue weighted by atomic mass is 9.97. The molecule has 0 aromatic rings. The van der Waals surface area contributed by atoms with Crippen molar-refractivity contribution in [3.63, 3.8) is 0 Å². The van der Waals surface area contributed by atoms with E-state index in [1.165, 1.54) is 10.4 Å². The van der Waals surface area contributed by atoms with Gasteiger partial charge in [0.2, 0.25) is 0 Å². The molecular formula is C7H15BrNO2PS2. The van der Waals surface area contributed by atoms with Gasteiger partial charge >= 0.3 is 0 Å². The monoisotopic (exact) mass is 319 g/mol. The summed E-state index contributed by atoms with van der Waals surface area (Å²) >= 11 is 8.74. The smallest absolute Gasteiger partial charge is 0.274 e. The van der Waals surface area contributed by atoms with E-state index in [1.54, 1.807) is 0 Å². The average molecular weight is 320 g/mol. The van der Waals surface area contributed by atoms with Crippen molar-refractivity contribution in [3.8, 4) is 0 Å². The minimum absolute atomic E-state index is 0.0820. The third-order valence-electron chi connectivity index (χ3n) is 1.86. The fourth-order valence-corrected chi connectivity index (χ4v) is 7.25. The molecule has 1 heterocycles. The summed E-state index contributed by atoms with van der Waals surface area (Å²) in [5.41, 5.74) is 0.0820. The van der Waals surface area contributed by atoms with Crippen molar-refractivity contribution < 1.29 is 9.05 Å². The summed E-state index contributed by atoms with van der Waals surface area (Å²) in [4.78, 5) is 0. The van der Waals surface area contributed by atoms with Gasteiger partial charge in [0.1, 0.15) is 0 Å². The van der Waals surface area contributed by atoms with Crippen molar-refractivity contribution in [1.29, 1.82) is 0 Å². The Kier molecular flexibility index (Phi) is 4.92. The van der Waals surface area contributed by atoms with E-state index in [4.69, 9.17) is 20.9 Å². The second-order valence-corrected chi connectivity index (χ2v) is 8.96. The highest BCUT2D eigenvalue weighted by molar-refractivity contribution is 9.50. The first-order valence-corrected chi connectivity index (χ1v) is 9.60. The molecule has 0 aromatic carbocycles. The van der Waals surface area contributed by atoms with Crippen LogP contribution in [0.1, 0.15) is 20.8 Å². The number of halogens is 1. The molecule has 0 saturated carbocycles. The highest BCUT2D eigenvalue weighted by Crippen LogP contribution is 2.60. The SMILES string of the molecule is CCN(SBr)P1(=S)OCC(C)(C)CO1. The topological polar surface area (TPSA) is 21.7 Å². The molecule has 84 valence electrons. The Balaban J connectivity index is 2.66. The van der Waals surface area contributed by atoms with E-state index >= 15 is 0 Å². The van der Waals surface area contributed by atoms with Gasteiger partial charge in [-0.05, 0) is 11.8 Å². The zero-order valence-electron chi connectivity index (χ0n) is 8.53. The summed E-state index contributed by atoms with van der Waals surface area (Å²) in [6.07, 6.45) is 0. The number of rotatable bonds is 3. The summed E-state index contributed by atoms with van der Waals surface area (Å²) in [6, 6.07) is 0.